The SMILES string of the molecule is COc1ccc(C(=O)c2ccc(O)c(C(=O)O)c2)cc1OC. The lowest BCUT2D eigenvalue weighted by Crippen LogP contribution is -2.05. The van der Waals surface area contributed by atoms with Crippen molar-refractivity contribution in [3.05, 3.63) is 53.1 Å². The first-order chi connectivity index (χ1) is 10.5. The van der Waals surface area contributed by atoms with Crippen molar-refractivity contribution in [1.82, 2.24) is 0 Å². The molecule has 0 amide bonds. The smallest absolute Gasteiger partial charge is 0.339 e. The minimum Gasteiger partial charge on any atom is -0.507 e. The number of carbonyl (C=O) groups excluding carboxylic acids is 1. The molecule has 2 aromatic rings. The molecule has 0 aliphatic heterocycles. The second-order valence-electron chi connectivity index (χ2n) is 4.44. The molecule has 2 N–H and O–H groups in total. The Morgan fingerprint density at radius 3 is 2.09 bits per heavy atom. The van der Waals surface area contributed by atoms with Gasteiger partial charge < -0.3 is 19.7 Å². The predicted molar refractivity (Wildman–Crippen MR) is 78.0 cm³/mol. The zero-order valence-corrected chi connectivity index (χ0v) is 12.0. The Balaban J connectivity index is 2.44. The highest BCUT2D eigenvalue weighted by atomic mass is 16.5. The van der Waals surface area contributed by atoms with Crippen molar-refractivity contribution >= 4 is 11.8 Å². The van der Waals surface area contributed by atoms with Crippen LogP contribution in [-0.2, 0) is 0 Å². The molecule has 0 aliphatic carbocycles. The number of carboxylic acids is 1. The lowest BCUT2D eigenvalue weighted by atomic mass is 10.0. The van der Waals surface area contributed by atoms with Crippen LogP contribution >= 0.6 is 0 Å². The Kier molecular flexibility index (Phi) is 4.31. The fourth-order valence-electron chi connectivity index (χ4n) is 1.99. The van der Waals surface area contributed by atoms with Gasteiger partial charge in [0.15, 0.2) is 17.3 Å². The van der Waals surface area contributed by atoms with Crippen LogP contribution in [0.5, 0.6) is 17.2 Å². The average molecular weight is 302 g/mol. The van der Waals surface area contributed by atoms with E-state index in [1.54, 1.807) is 12.1 Å². The van der Waals surface area contributed by atoms with Gasteiger partial charge in [-0.15, -0.1) is 0 Å². The molecule has 0 aromatic heterocycles. The summed E-state index contributed by atoms with van der Waals surface area (Å²) in [6.45, 7) is 0. The Morgan fingerprint density at radius 1 is 0.909 bits per heavy atom. The van der Waals surface area contributed by atoms with E-state index in [1.165, 1.54) is 32.4 Å². The van der Waals surface area contributed by atoms with Crippen LogP contribution in [0.1, 0.15) is 26.3 Å². The van der Waals surface area contributed by atoms with E-state index in [0.717, 1.165) is 6.07 Å². The molecule has 0 bridgehead atoms. The number of hydrogen-bond donors (Lipinski definition) is 2. The Hall–Kier alpha value is -3.02. The van der Waals surface area contributed by atoms with Gasteiger partial charge in [0.2, 0.25) is 0 Å². The van der Waals surface area contributed by atoms with Crippen LogP contribution in [0.25, 0.3) is 0 Å². The number of methoxy groups -OCH3 is 2. The van der Waals surface area contributed by atoms with Crippen LogP contribution in [0, 0.1) is 0 Å². The van der Waals surface area contributed by atoms with Gasteiger partial charge >= 0.3 is 5.97 Å². The van der Waals surface area contributed by atoms with Crippen LogP contribution in [0.2, 0.25) is 0 Å². The van der Waals surface area contributed by atoms with Gasteiger partial charge in [0.25, 0.3) is 0 Å². The van der Waals surface area contributed by atoms with Gasteiger partial charge in [-0.05, 0) is 36.4 Å². The normalized spacial score (nSPS) is 10.1. The summed E-state index contributed by atoms with van der Waals surface area (Å²) >= 11 is 0. The van der Waals surface area contributed by atoms with E-state index in [2.05, 4.69) is 0 Å². The number of carbonyl (C=O) groups is 2. The Bertz CT molecular complexity index is 735. The van der Waals surface area contributed by atoms with Gasteiger partial charge in [-0.1, -0.05) is 0 Å². The summed E-state index contributed by atoms with van der Waals surface area (Å²) in [5.74, 6) is -1.21. The van der Waals surface area contributed by atoms with Gasteiger partial charge in [0.1, 0.15) is 11.3 Å². The highest BCUT2D eigenvalue weighted by Gasteiger charge is 2.17. The maximum absolute atomic E-state index is 12.4. The van der Waals surface area contributed by atoms with Crippen molar-refractivity contribution in [1.29, 1.82) is 0 Å². The van der Waals surface area contributed by atoms with Gasteiger partial charge in [-0.2, -0.15) is 0 Å². The molecule has 0 saturated carbocycles. The van der Waals surface area contributed by atoms with E-state index in [1.807, 2.05) is 0 Å². The monoisotopic (exact) mass is 302 g/mol. The highest BCUT2D eigenvalue weighted by molar-refractivity contribution is 6.10. The minimum absolute atomic E-state index is 0.155. The van der Waals surface area contributed by atoms with Crippen LogP contribution < -0.4 is 9.47 Å². The number of benzene rings is 2. The number of hydrogen-bond acceptors (Lipinski definition) is 5. The molecule has 2 rings (SSSR count). The van der Waals surface area contributed by atoms with E-state index in [4.69, 9.17) is 14.6 Å². The molecular weight excluding hydrogens is 288 g/mol. The van der Waals surface area contributed by atoms with Gasteiger partial charge in [0, 0.05) is 11.1 Å². The van der Waals surface area contributed by atoms with Crippen LogP contribution in [-0.4, -0.2) is 36.2 Å². The third kappa shape index (κ3) is 2.85. The number of phenols is 1. The summed E-state index contributed by atoms with van der Waals surface area (Å²) in [5.41, 5.74) is 0.147. The number of ether oxygens (including phenoxy) is 2. The Morgan fingerprint density at radius 2 is 1.50 bits per heavy atom. The lowest BCUT2D eigenvalue weighted by molar-refractivity contribution is 0.0693. The zero-order valence-electron chi connectivity index (χ0n) is 12.0. The number of carboxylic acid groups (broad SMARTS) is 1. The molecule has 0 spiro atoms. The maximum Gasteiger partial charge on any atom is 0.339 e. The van der Waals surface area contributed by atoms with Crippen LogP contribution in [0.4, 0.5) is 0 Å². The van der Waals surface area contributed by atoms with E-state index in [0.29, 0.717) is 17.1 Å². The molecule has 0 atom stereocenters. The molecule has 0 fully saturated rings. The molecular formula is C16H14O6. The van der Waals surface area contributed by atoms with Crippen molar-refractivity contribution in [2.45, 2.75) is 0 Å². The molecule has 2 aromatic carbocycles. The molecule has 0 aliphatic rings. The average Bonchev–Trinajstić information content (AvgIpc) is 2.53. The largest absolute Gasteiger partial charge is 0.507 e. The minimum atomic E-state index is -1.31. The van der Waals surface area contributed by atoms with Crippen molar-refractivity contribution < 1.29 is 29.3 Å². The van der Waals surface area contributed by atoms with Crippen LogP contribution in [0.3, 0.4) is 0 Å². The summed E-state index contributed by atoms with van der Waals surface area (Å²) in [4.78, 5) is 23.4. The molecule has 6 nitrogen and oxygen atoms in total. The van der Waals surface area contributed by atoms with E-state index >= 15 is 0 Å². The lowest BCUT2D eigenvalue weighted by Gasteiger charge is -2.09. The fraction of sp³-hybridized carbons (Fsp3) is 0.125. The van der Waals surface area contributed by atoms with Gasteiger partial charge in [-0.25, -0.2) is 4.79 Å². The topological polar surface area (TPSA) is 93.1 Å². The molecule has 0 saturated heterocycles. The first-order valence-electron chi connectivity index (χ1n) is 6.31. The van der Waals surface area contributed by atoms with Gasteiger partial charge in [0.05, 0.1) is 14.2 Å². The molecule has 114 valence electrons. The van der Waals surface area contributed by atoms with E-state index in [9.17, 15) is 14.7 Å². The summed E-state index contributed by atoms with van der Waals surface area (Å²) < 4.78 is 10.2. The number of ketones is 1. The standard InChI is InChI=1S/C16H14O6/c1-21-13-6-4-10(8-14(13)22-2)15(18)9-3-5-12(17)11(7-9)16(19)20/h3-8,17H,1-2H3,(H,19,20). The number of aromatic carboxylic acids is 1. The molecule has 0 unspecified atom stereocenters. The van der Waals surface area contributed by atoms with Crippen molar-refractivity contribution in [3.8, 4) is 17.2 Å². The maximum atomic E-state index is 12.4. The summed E-state index contributed by atoms with van der Waals surface area (Å²) in [7, 11) is 2.94. The summed E-state index contributed by atoms with van der Waals surface area (Å²) in [6, 6.07) is 8.32. The van der Waals surface area contributed by atoms with Gasteiger partial charge in [-0.3, -0.25) is 4.79 Å². The van der Waals surface area contributed by atoms with Crippen molar-refractivity contribution in [2.75, 3.05) is 14.2 Å². The molecule has 0 radical (unpaired) electrons. The first kappa shape index (κ1) is 15.4. The fourth-order valence-corrected chi connectivity index (χ4v) is 1.99. The molecule has 22 heavy (non-hydrogen) atoms. The van der Waals surface area contributed by atoms with Crippen molar-refractivity contribution in [3.63, 3.8) is 0 Å². The number of aromatic hydroxyl groups is 1. The zero-order chi connectivity index (χ0) is 16.3. The predicted octanol–water partition coefficient (Wildman–Crippen LogP) is 2.34. The number of rotatable bonds is 5. The second kappa shape index (κ2) is 6.17. The third-order valence-corrected chi connectivity index (χ3v) is 3.13. The van der Waals surface area contributed by atoms with E-state index < -0.39 is 11.7 Å². The first-order valence-corrected chi connectivity index (χ1v) is 6.31. The molecule has 6 heteroatoms. The molecule has 0 heterocycles. The summed E-state index contributed by atoms with van der Waals surface area (Å²) in [5, 5.41) is 18.5. The summed E-state index contributed by atoms with van der Waals surface area (Å²) in [6.07, 6.45) is 0. The van der Waals surface area contributed by atoms with E-state index in [-0.39, 0.29) is 16.9 Å². The van der Waals surface area contributed by atoms with Crippen molar-refractivity contribution in [2.24, 2.45) is 0 Å². The Labute approximate surface area is 126 Å². The van der Waals surface area contributed by atoms with Crippen LogP contribution in [0.15, 0.2) is 36.4 Å². The quantitative estimate of drug-likeness (QED) is 0.823. The highest BCUT2D eigenvalue weighted by Crippen LogP contribution is 2.29. The third-order valence-electron chi connectivity index (χ3n) is 3.13. The second-order valence-corrected chi connectivity index (χ2v) is 4.44.